The minimum Gasteiger partial charge on any atom is -0.464 e. The van der Waals surface area contributed by atoms with Crippen LogP contribution in [-0.2, 0) is 10.8 Å². The molecule has 0 fully saturated rings. The number of benzene rings is 1. The third-order valence-electron chi connectivity index (χ3n) is 2.98. The first-order valence-electron chi connectivity index (χ1n) is 6.28. The molecule has 1 N–H and O–H groups in total. The van der Waals surface area contributed by atoms with E-state index < -0.39 is 10.8 Å². The van der Waals surface area contributed by atoms with Crippen LogP contribution in [0.2, 0.25) is 0 Å². The summed E-state index contributed by atoms with van der Waals surface area (Å²) in [6.45, 7) is 3.73. The molecular weight excluding hydrogens is 274 g/mol. The molecule has 1 aromatic heterocycles. The zero-order valence-electron chi connectivity index (χ0n) is 11.7. The maximum Gasteiger partial charge on any atom is 0.251 e. The van der Waals surface area contributed by atoms with Crippen LogP contribution in [0.25, 0.3) is 0 Å². The zero-order valence-corrected chi connectivity index (χ0v) is 12.5. The van der Waals surface area contributed by atoms with E-state index in [4.69, 9.17) is 4.42 Å². The molecule has 4 nitrogen and oxygen atoms in total. The van der Waals surface area contributed by atoms with Crippen molar-refractivity contribution < 1.29 is 13.4 Å². The Balaban J connectivity index is 2.06. The number of aryl methyl sites for hydroxylation is 1. The van der Waals surface area contributed by atoms with Crippen LogP contribution in [0, 0.1) is 6.92 Å². The normalized spacial score (nSPS) is 13.8. The highest BCUT2D eigenvalue weighted by molar-refractivity contribution is 7.84. The van der Waals surface area contributed by atoms with E-state index in [0.717, 1.165) is 11.5 Å². The molecule has 2 atom stereocenters. The van der Waals surface area contributed by atoms with Gasteiger partial charge in [0.25, 0.3) is 5.91 Å². The van der Waals surface area contributed by atoms with Gasteiger partial charge in [-0.05, 0) is 50.2 Å². The minimum atomic E-state index is -1.03. The van der Waals surface area contributed by atoms with Crippen molar-refractivity contribution in [2.75, 3.05) is 6.26 Å². The minimum absolute atomic E-state index is 0.181. The van der Waals surface area contributed by atoms with Crippen LogP contribution < -0.4 is 5.32 Å². The largest absolute Gasteiger partial charge is 0.464 e. The molecule has 2 aromatic rings. The lowest BCUT2D eigenvalue weighted by Crippen LogP contribution is -2.26. The van der Waals surface area contributed by atoms with Crippen LogP contribution in [-0.4, -0.2) is 16.4 Å². The van der Waals surface area contributed by atoms with E-state index in [2.05, 4.69) is 5.32 Å². The van der Waals surface area contributed by atoms with Gasteiger partial charge in [-0.15, -0.1) is 0 Å². The van der Waals surface area contributed by atoms with Crippen molar-refractivity contribution in [3.8, 4) is 0 Å². The van der Waals surface area contributed by atoms with Crippen LogP contribution in [0.5, 0.6) is 0 Å². The molecule has 0 unspecified atom stereocenters. The summed E-state index contributed by atoms with van der Waals surface area (Å²) >= 11 is 0. The summed E-state index contributed by atoms with van der Waals surface area (Å²) in [5.74, 6) is 1.36. The Hall–Kier alpha value is -1.88. The molecular formula is C15H17NO3S. The number of nitrogens with one attached hydrogen (secondary N) is 1. The highest BCUT2D eigenvalue weighted by Crippen LogP contribution is 2.16. The SMILES string of the molecule is Cc1ccc([C@H](C)NC(=O)c2ccc([S@](C)=O)cc2)o1. The maximum atomic E-state index is 12.1. The lowest BCUT2D eigenvalue weighted by Gasteiger charge is -2.11. The standard InChI is InChI=1S/C15H17NO3S/c1-10-4-9-14(19-10)11(2)16-15(17)12-5-7-13(8-6-12)20(3)18/h4-9,11H,1-3H3,(H,16,17)/t11-,20-/m0/s1. The van der Waals surface area contributed by atoms with Gasteiger partial charge in [-0.3, -0.25) is 9.00 Å². The van der Waals surface area contributed by atoms with Gasteiger partial charge in [-0.1, -0.05) is 0 Å². The summed E-state index contributed by atoms with van der Waals surface area (Å²) in [6, 6.07) is 10.3. The highest BCUT2D eigenvalue weighted by atomic mass is 32.2. The number of furan rings is 1. The molecule has 20 heavy (non-hydrogen) atoms. The first-order chi connectivity index (χ1) is 9.47. The van der Waals surface area contributed by atoms with Crippen LogP contribution in [0.4, 0.5) is 0 Å². The van der Waals surface area contributed by atoms with E-state index in [-0.39, 0.29) is 11.9 Å². The van der Waals surface area contributed by atoms with Gasteiger partial charge in [0.15, 0.2) is 0 Å². The van der Waals surface area contributed by atoms with Crippen molar-refractivity contribution >= 4 is 16.7 Å². The average Bonchev–Trinajstić information content (AvgIpc) is 2.85. The molecule has 0 saturated carbocycles. The van der Waals surface area contributed by atoms with Crippen LogP contribution >= 0.6 is 0 Å². The van der Waals surface area contributed by atoms with E-state index in [1.165, 1.54) is 0 Å². The van der Waals surface area contributed by atoms with E-state index in [9.17, 15) is 9.00 Å². The van der Waals surface area contributed by atoms with Crippen molar-refractivity contribution in [3.63, 3.8) is 0 Å². The number of hydrogen-bond acceptors (Lipinski definition) is 3. The number of carbonyl (C=O) groups excluding carboxylic acids is 1. The lowest BCUT2D eigenvalue weighted by atomic mass is 10.2. The molecule has 0 aliphatic heterocycles. The Morgan fingerprint density at radius 3 is 2.35 bits per heavy atom. The van der Waals surface area contributed by atoms with Gasteiger partial charge in [-0.25, -0.2) is 0 Å². The van der Waals surface area contributed by atoms with Crippen LogP contribution in [0.15, 0.2) is 45.7 Å². The van der Waals surface area contributed by atoms with E-state index >= 15 is 0 Å². The Morgan fingerprint density at radius 1 is 1.20 bits per heavy atom. The predicted octanol–water partition coefficient (Wildman–Crippen LogP) is 2.82. The second-order valence-corrected chi connectivity index (χ2v) is 6.00. The van der Waals surface area contributed by atoms with Gasteiger partial charge in [0, 0.05) is 27.5 Å². The second-order valence-electron chi connectivity index (χ2n) is 4.62. The fourth-order valence-corrected chi connectivity index (χ4v) is 2.35. The Labute approximate surface area is 120 Å². The molecule has 0 saturated heterocycles. The fourth-order valence-electron chi connectivity index (χ4n) is 1.84. The van der Waals surface area contributed by atoms with Gasteiger partial charge in [0.1, 0.15) is 11.5 Å². The highest BCUT2D eigenvalue weighted by Gasteiger charge is 2.14. The van der Waals surface area contributed by atoms with Gasteiger partial charge in [0.05, 0.1) is 6.04 Å². The third kappa shape index (κ3) is 3.36. The summed E-state index contributed by atoms with van der Waals surface area (Å²) < 4.78 is 16.8. The molecule has 1 heterocycles. The number of amides is 1. The van der Waals surface area contributed by atoms with Crippen molar-refractivity contribution in [1.29, 1.82) is 0 Å². The van der Waals surface area contributed by atoms with Crippen molar-refractivity contribution in [2.45, 2.75) is 24.8 Å². The van der Waals surface area contributed by atoms with E-state index in [0.29, 0.717) is 10.5 Å². The number of rotatable bonds is 4. The Kier molecular flexibility index (Phi) is 4.39. The fraction of sp³-hybridized carbons (Fsp3) is 0.267. The van der Waals surface area contributed by atoms with Gasteiger partial charge >= 0.3 is 0 Å². The first-order valence-corrected chi connectivity index (χ1v) is 7.84. The summed E-state index contributed by atoms with van der Waals surface area (Å²) in [5, 5.41) is 2.87. The predicted molar refractivity (Wildman–Crippen MR) is 78.1 cm³/mol. The first kappa shape index (κ1) is 14.5. The second kappa shape index (κ2) is 6.05. The molecule has 5 heteroatoms. The average molecular weight is 291 g/mol. The van der Waals surface area contributed by atoms with Crippen molar-refractivity contribution in [3.05, 3.63) is 53.5 Å². The molecule has 1 aromatic carbocycles. The lowest BCUT2D eigenvalue weighted by molar-refractivity contribution is 0.0935. The number of hydrogen-bond donors (Lipinski definition) is 1. The summed E-state index contributed by atoms with van der Waals surface area (Å²) in [7, 11) is -1.03. The molecule has 2 rings (SSSR count). The number of carbonyl (C=O) groups is 1. The van der Waals surface area contributed by atoms with Gasteiger partial charge in [0.2, 0.25) is 0 Å². The van der Waals surface area contributed by atoms with Gasteiger partial charge in [-0.2, -0.15) is 0 Å². The topological polar surface area (TPSA) is 59.3 Å². The monoisotopic (exact) mass is 291 g/mol. The zero-order chi connectivity index (χ0) is 14.7. The van der Waals surface area contributed by atoms with Crippen LogP contribution in [0.1, 0.15) is 34.8 Å². The summed E-state index contributed by atoms with van der Waals surface area (Å²) in [4.78, 5) is 12.8. The smallest absolute Gasteiger partial charge is 0.251 e. The molecule has 106 valence electrons. The maximum absolute atomic E-state index is 12.1. The van der Waals surface area contributed by atoms with Crippen LogP contribution in [0.3, 0.4) is 0 Å². The van der Waals surface area contributed by atoms with E-state index in [1.807, 2.05) is 26.0 Å². The molecule has 0 radical (unpaired) electrons. The quantitative estimate of drug-likeness (QED) is 0.942. The summed E-state index contributed by atoms with van der Waals surface area (Å²) in [6.07, 6.45) is 1.61. The Morgan fingerprint density at radius 2 is 1.85 bits per heavy atom. The third-order valence-corrected chi connectivity index (χ3v) is 3.92. The van der Waals surface area contributed by atoms with E-state index in [1.54, 1.807) is 30.5 Å². The van der Waals surface area contributed by atoms with Crippen molar-refractivity contribution in [2.24, 2.45) is 0 Å². The molecule has 0 aliphatic carbocycles. The molecule has 0 aliphatic rings. The Bertz CT molecular complexity index is 631. The van der Waals surface area contributed by atoms with Crippen molar-refractivity contribution in [1.82, 2.24) is 5.32 Å². The summed E-state index contributed by atoms with van der Waals surface area (Å²) in [5.41, 5.74) is 0.536. The molecule has 0 bridgehead atoms. The van der Waals surface area contributed by atoms with Gasteiger partial charge < -0.3 is 9.73 Å². The molecule has 1 amide bonds. The molecule has 0 spiro atoms.